The third-order valence-electron chi connectivity index (χ3n) is 5.00. The number of fused-ring (bicyclic) bond motifs is 1. The second-order valence-corrected chi connectivity index (χ2v) is 6.93. The summed E-state index contributed by atoms with van der Waals surface area (Å²) in [4.78, 5) is 18.7. The first-order valence-electron chi connectivity index (χ1n) is 9.53. The normalized spacial score (nSPS) is 13.7. The van der Waals surface area contributed by atoms with Crippen LogP contribution in [0.1, 0.15) is 22.3 Å². The number of aliphatic imine (C=N–C) groups is 1. The number of nitrogens with one attached hydrogen (secondary N) is 2. The molecule has 0 atom stereocenters. The van der Waals surface area contributed by atoms with E-state index in [0.29, 0.717) is 19.0 Å². The summed E-state index contributed by atoms with van der Waals surface area (Å²) in [7, 11) is 3.37. The number of amides is 1. The van der Waals surface area contributed by atoms with Crippen LogP contribution in [-0.4, -0.2) is 44.0 Å². The Hall–Kier alpha value is -3.02. The van der Waals surface area contributed by atoms with Gasteiger partial charge in [-0.2, -0.15) is 0 Å². The molecule has 28 heavy (non-hydrogen) atoms. The van der Waals surface area contributed by atoms with Gasteiger partial charge in [-0.1, -0.05) is 36.4 Å². The van der Waals surface area contributed by atoms with Gasteiger partial charge in [0.1, 0.15) is 5.75 Å². The highest BCUT2D eigenvalue weighted by molar-refractivity contribution is 5.86. The van der Waals surface area contributed by atoms with Gasteiger partial charge in [-0.3, -0.25) is 9.79 Å². The maximum atomic E-state index is 12.6. The Morgan fingerprint density at radius 1 is 1.18 bits per heavy atom. The van der Waals surface area contributed by atoms with E-state index in [4.69, 9.17) is 4.74 Å². The van der Waals surface area contributed by atoms with Crippen molar-refractivity contribution in [2.24, 2.45) is 4.99 Å². The quantitative estimate of drug-likeness (QED) is 0.617. The highest BCUT2D eigenvalue weighted by Crippen LogP contribution is 2.20. The zero-order valence-corrected chi connectivity index (χ0v) is 16.8. The number of methoxy groups -OCH3 is 1. The number of carbonyl (C=O) groups excluding carboxylic acids is 1. The summed E-state index contributed by atoms with van der Waals surface area (Å²) in [6, 6.07) is 14.4. The molecule has 2 aromatic carbocycles. The van der Waals surface area contributed by atoms with Gasteiger partial charge in [0, 0.05) is 32.2 Å². The van der Waals surface area contributed by atoms with Crippen LogP contribution >= 0.6 is 0 Å². The van der Waals surface area contributed by atoms with E-state index < -0.39 is 0 Å². The third kappa shape index (κ3) is 4.82. The number of aryl methyl sites for hydroxylation is 1. The number of guanidine groups is 1. The minimum absolute atomic E-state index is 0.0744. The second kappa shape index (κ2) is 9.26. The van der Waals surface area contributed by atoms with Crippen LogP contribution in [0.25, 0.3) is 0 Å². The van der Waals surface area contributed by atoms with Crippen molar-refractivity contribution >= 4 is 11.9 Å². The largest absolute Gasteiger partial charge is 0.496 e. The van der Waals surface area contributed by atoms with Crippen molar-refractivity contribution in [3.8, 4) is 5.75 Å². The van der Waals surface area contributed by atoms with E-state index in [0.717, 1.165) is 29.8 Å². The Labute approximate surface area is 166 Å². The number of benzene rings is 2. The van der Waals surface area contributed by atoms with Gasteiger partial charge in [0.05, 0.1) is 13.7 Å². The van der Waals surface area contributed by atoms with Crippen molar-refractivity contribution in [3.05, 3.63) is 64.7 Å². The van der Waals surface area contributed by atoms with Gasteiger partial charge >= 0.3 is 0 Å². The molecule has 0 aliphatic carbocycles. The summed E-state index contributed by atoms with van der Waals surface area (Å²) in [5.74, 6) is 1.50. The van der Waals surface area contributed by atoms with Crippen molar-refractivity contribution in [2.75, 3.05) is 27.2 Å². The molecule has 1 amide bonds. The number of nitrogens with zero attached hydrogens (tertiary/aromatic N) is 2. The van der Waals surface area contributed by atoms with E-state index in [9.17, 15) is 4.79 Å². The van der Waals surface area contributed by atoms with Gasteiger partial charge in [0.25, 0.3) is 0 Å². The molecule has 6 nitrogen and oxygen atoms in total. The molecular formula is C22H28N4O2. The monoisotopic (exact) mass is 380 g/mol. The van der Waals surface area contributed by atoms with Gasteiger partial charge < -0.3 is 20.3 Å². The molecule has 0 spiro atoms. The summed E-state index contributed by atoms with van der Waals surface area (Å²) in [6.07, 6.45) is 0.905. The maximum Gasteiger partial charge on any atom is 0.242 e. The predicted octanol–water partition coefficient (Wildman–Crippen LogP) is 2.25. The van der Waals surface area contributed by atoms with E-state index in [1.165, 1.54) is 11.1 Å². The van der Waals surface area contributed by atoms with Crippen LogP contribution in [-0.2, 0) is 24.3 Å². The van der Waals surface area contributed by atoms with Crippen LogP contribution in [0.5, 0.6) is 5.75 Å². The van der Waals surface area contributed by atoms with Gasteiger partial charge in [-0.05, 0) is 36.1 Å². The van der Waals surface area contributed by atoms with Crippen molar-refractivity contribution in [1.82, 2.24) is 15.5 Å². The molecule has 0 unspecified atom stereocenters. The minimum Gasteiger partial charge on any atom is -0.496 e. The molecule has 2 aromatic rings. The molecule has 0 radical (unpaired) electrons. The molecule has 0 saturated heterocycles. The van der Waals surface area contributed by atoms with E-state index in [2.05, 4.69) is 33.8 Å². The van der Waals surface area contributed by atoms with E-state index in [1.54, 1.807) is 14.2 Å². The van der Waals surface area contributed by atoms with Crippen molar-refractivity contribution in [3.63, 3.8) is 0 Å². The van der Waals surface area contributed by atoms with Crippen LogP contribution in [0.2, 0.25) is 0 Å². The molecule has 0 bridgehead atoms. The van der Waals surface area contributed by atoms with Crippen LogP contribution in [0.3, 0.4) is 0 Å². The smallest absolute Gasteiger partial charge is 0.242 e. The standard InChI is InChI=1S/C22H28N4O2/c1-16-8-9-18(20(12-16)28-3)13-24-22(23-2)25-14-21(27)26-11-10-17-6-4-5-7-19(17)15-26/h4-9,12H,10-11,13-15H2,1-3H3,(H2,23,24,25). The number of ether oxygens (including phenoxy) is 1. The first kappa shape index (κ1) is 19.7. The Bertz CT molecular complexity index is 863. The lowest BCUT2D eigenvalue weighted by Gasteiger charge is -2.29. The van der Waals surface area contributed by atoms with Crippen molar-refractivity contribution < 1.29 is 9.53 Å². The minimum atomic E-state index is 0.0744. The fraction of sp³-hybridized carbons (Fsp3) is 0.364. The van der Waals surface area contributed by atoms with Crippen molar-refractivity contribution in [2.45, 2.75) is 26.4 Å². The molecule has 3 rings (SSSR count). The van der Waals surface area contributed by atoms with Crippen LogP contribution in [0.4, 0.5) is 0 Å². The average molecular weight is 380 g/mol. The van der Waals surface area contributed by atoms with Gasteiger partial charge in [-0.25, -0.2) is 0 Å². The Morgan fingerprint density at radius 3 is 2.71 bits per heavy atom. The number of rotatable bonds is 5. The molecule has 1 aliphatic heterocycles. The molecule has 0 fully saturated rings. The number of hydrogen-bond donors (Lipinski definition) is 2. The molecule has 6 heteroatoms. The SMILES string of the molecule is CN=C(NCC(=O)N1CCc2ccccc2C1)NCc1ccc(C)cc1OC. The number of hydrogen-bond acceptors (Lipinski definition) is 3. The van der Waals surface area contributed by atoms with Gasteiger partial charge in [-0.15, -0.1) is 0 Å². The maximum absolute atomic E-state index is 12.6. The zero-order valence-electron chi connectivity index (χ0n) is 16.8. The number of carbonyl (C=O) groups is 1. The van der Waals surface area contributed by atoms with Crippen LogP contribution in [0, 0.1) is 6.92 Å². The zero-order chi connectivity index (χ0) is 19.9. The van der Waals surface area contributed by atoms with E-state index >= 15 is 0 Å². The van der Waals surface area contributed by atoms with E-state index in [-0.39, 0.29) is 12.5 Å². The second-order valence-electron chi connectivity index (χ2n) is 6.93. The molecule has 2 N–H and O–H groups in total. The first-order valence-corrected chi connectivity index (χ1v) is 9.53. The lowest BCUT2D eigenvalue weighted by Crippen LogP contribution is -2.45. The summed E-state index contributed by atoms with van der Waals surface area (Å²) in [5.41, 5.74) is 4.76. The topological polar surface area (TPSA) is 66.0 Å². The first-order chi connectivity index (χ1) is 13.6. The van der Waals surface area contributed by atoms with Crippen LogP contribution in [0.15, 0.2) is 47.5 Å². The average Bonchev–Trinajstić information content (AvgIpc) is 2.73. The molecule has 1 aliphatic rings. The summed E-state index contributed by atoms with van der Waals surface area (Å²) in [6.45, 7) is 4.24. The highest BCUT2D eigenvalue weighted by Gasteiger charge is 2.20. The van der Waals surface area contributed by atoms with Crippen LogP contribution < -0.4 is 15.4 Å². The molecule has 148 valence electrons. The van der Waals surface area contributed by atoms with Gasteiger partial charge in [0.2, 0.25) is 5.91 Å². The third-order valence-corrected chi connectivity index (χ3v) is 5.00. The fourth-order valence-electron chi connectivity index (χ4n) is 3.38. The molecular weight excluding hydrogens is 352 g/mol. The Balaban J connectivity index is 1.51. The van der Waals surface area contributed by atoms with E-state index in [1.807, 2.05) is 36.1 Å². The van der Waals surface area contributed by atoms with Crippen molar-refractivity contribution in [1.29, 1.82) is 0 Å². The summed E-state index contributed by atoms with van der Waals surface area (Å²) >= 11 is 0. The summed E-state index contributed by atoms with van der Waals surface area (Å²) in [5, 5.41) is 6.36. The molecule has 0 aromatic heterocycles. The summed E-state index contributed by atoms with van der Waals surface area (Å²) < 4.78 is 5.44. The Kier molecular flexibility index (Phi) is 6.53. The highest BCUT2D eigenvalue weighted by atomic mass is 16.5. The fourth-order valence-corrected chi connectivity index (χ4v) is 3.38. The predicted molar refractivity (Wildman–Crippen MR) is 111 cm³/mol. The molecule has 0 saturated carbocycles. The lowest BCUT2D eigenvalue weighted by atomic mass is 10.00. The molecule has 1 heterocycles. The lowest BCUT2D eigenvalue weighted by molar-refractivity contribution is -0.130. The van der Waals surface area contributed by atoms with Gasteiger partial charge in [0.15, 0.2) is 5.96 Å². The Morgan fingerprint density at radius 2 is 1.96 bits per heavy atom.